The van der Waals surface area contributed by atoms with E-state index in [1.165, 1.54) is 5.69 Å². The largest absolute Gasteiger partial charge is 0.392 e. The lowest BCUT2D eigenvalue weighted by molar-refractivity contribution is -0.134. The highest BCUT2D eigenvalue weighted by molar-refractivity contribution is 6.01. The number of aromatic nitrogens is 6. The van der Waals surface area contributed by atoms with Crippen LogP contribution in [0.15, 0.2) is 71.4 Å². The first-order chi connectivity index (χ1) is 28.8. The number of amides is 3. The molecule has 310 valence electrons. The van der Waals surface area contributed by atoms with Gasteiger partial charge in [-0.05, 0) is 72.9 Å². The quantitative estimate of drug-likeness (QED) is 0.120. The minimum Gasteiger partial charge on any atom is -0.392 e. The van der Waals surface area contributed by atoms with Crippen molar-refractivity contribution in [1.29, 1.82) is 0 Å². The molecule has 0 aliphatic carbocycles. The number of aryl methyl sites for hydroxylation is 1. The molecule has 2 aliphatic rings. The number of rotatable bonds is 11. The predicted molar refractivity (Wildman–Crippen MR) is 226 cm³/mol. The fourth-order valence-electron chi connectivity index (χ4n) is 8.05. The average molecular weight is 811 g/mol. The van der Waals surface area contributed by atoms with Crippen LogP contribution in [0.2, 0.25) is 0 Å². The number of benzene rings is 2. The average Bonchev–Trinajstić information content (AvgIpc) is 3.92. The highest BCUT2D eigenvalue weighted by Gasteiger charge is 2.30. The summed E-state index contributed by atoms with van der Waals surface area (Å²) in [5.74, 6) is -0.876. The summed E-state index contributed by atoms with van der Waals surface area (Å²) in [4.78, 5) is 55.5. The summed E-state index contributed by atoms with van der Waals surface area (Å²) >= 11 is 0. The van der Waals surface area contributed by atoms with Gasteiger partial charge in [0.25, 0.3) is 11.7 Å². The van der Waals surface area contributed by atoms with E-state index in [-0.39, 0.29) is 35.6 Å². The molecule has 3 amide bonds. The van der Waals surface area contributed by atoms with Crippen molar-refractivity contribution in [1.82, 2.24) is 45.8 Å². The van der Waals surface area contributed by atoms with Gasteiger partial charge in [0, 0.05) is 90.8 Å². The van der Waals surface area contributed by atoms with Gasteiger partial charge in [0.15, 0.2) is 5.65 Å². The molecule has 2 fully saturated rings. The molecule has 0 saturated carbocycles. The number of piperidine rings is 1. The van der Waals surface area contributed by atoms with Gasteiger partial charge in [-0.2, -0.15) is 10.1 Å². The Kier molecular flexibility index (Phi) is 11.3. The van der Waals surface area contributed by atoms with Crippen LogP contribution in [0.4, 0.5) is 5.69 Å². The number of carbonyl (C=O) groups is 3. The third-order valence-electron chi connectivity index (χ3n) is 11.5. The first kappa shape index (κ1) is 40.5. The van der Waals surface area contributed by atoms with Gasteiger partial charge in [0.2, 0.25) is 17.7 Å². The number of aliphatic hydroxyl groups is 1. The van der Waals surface area contributed by atoms with Gasteiger partial charge in [-0.1, -0.05) is 56.3 Å². The molecule has 0 bridgehead atoms. The van der Waals surface area contributed by atoms with Gasteiger partial charge in [-0.3, -0.25) is 34.7 Å². The molecular weight excluding hydrogens is 761 g/mol. The van der Waals surface area contributed by atoms with Crippen LogP contribution in [0.25, 0.3) is 33.4 Å². The predicted octanol–water partition coefficient (Wildman–Crippen LogP) is 5.54. The highest BCUT2D eigenvalue weighted by atomic mass is 16.5. The number of pyridine rings is 2. The van der Waals surface area contributed by atoms with Crippen molar-refractivity contribution >= 4 is 34.4 Å². The molecule has 6 aromatic rings. The number of anilines is 1. The van der Waals surface area contributed by atoms with E-state index in [2.05, 4.69) is 76.1 Å². The fraction of sp³-hybridized carbons (Fsp3) is 0.378. The Labute approximate surface area is 348 Å². The smallest absolute Gasteiger partial charge is 0.293 e. The molecule has 2 saturated heterocycles. The number of hydrogen-bond acceptors (Lipinski definition) is 12. The molecule has 60 heavy (non-hydrogen) atoms. The van der Waals surface area contributed by atoms with E-state index in [0.29, 0.717) is 29.9 Å². The Hall–Kier alpha value is -6.32. The third kappa shape index (κ3) is 8.54. The Morgan fingerprint density at radius 2 is 1.75 bits per heavy atom. The number of H-pyrrole nitrogens is 1. The van der Waals surface area contributed by atoms with Crippen molar-refractivity contribution in [3.8, 4) is 22.4 Å². The maximum absolute atomic E-state index is 13.0. The molecule has 15 nitrogen and oxygen atoms in total. The van der Waals surface area contributed by atoms with E-state index in [1.54, 1.807) is 0 Å². The monoisotopic (exact) mass is 810 g/mol. The molecule has 4 aromatic heterocycles. The fourth-order valence-corrected chi connectivity index (χ4v) is 8.05. The summed E-state index contributed by atoms with van der Waals surface area (Å²) in [7, 11) is 0. The standard InChI is InChI=1S/C45H50N10O5/c1-26(48-43(59)41-50-44(60-53-41)45(3,4)5)34-12-8-29(22-31(34)25-56)39-37-23-30(24-46-40(37)52-51-39)28-6-10-33(11-7-28)55-20-18-54(19-21-55)17-16-32-9-13-35(27(2)47-32)36-14-15-38(57)49-42(36)58/h6-13,22-24,26,36,56H,14-21,25H2,1-5H3,(H,48,59)(H,46,51,52)(H,49,57,58). The zero-order valence-electron chi connectivity index (χ0n) is 34.6. The first-order valence-electron chi connectivity index (χ1n) is 20.5. The summed E-state index contributed by atoms with van der Waals surface area (Å²) < 4.78 is 5.29. The topological polar surface area (TPSA) is 195 Å². The van der Waals surface area contributed by atoms with E-state index < -0.39 is 11.9 Å². The number of hydrogen-bond donors (Lipinski definition) is 4. The second kappa shape index (κ2) is 16.7. The van der Waals surface area contributed by atoms with E-state index in [1.807, 2.05) is 71.1 Å². The second-order valence-electron chi connectivity index (χ2n) is 16.7. The van der Waals surface area contributed by atoms with Gasteiger partial charge in [-0.25, -0.2) is 4.98 Å². The SMILES string of the molecule is Cc1nc(CCN2CCN(c3ccc(-c4cnc5n[nH]c(-c6ccc(C(C)NC(=O)c7noc(C(C)(C)C)n7)c(CO)c6)c5c4)cc3)CC2)ccc1C1CCC(=O)NC1=O. The maximum Gasteiger partial charge on any atom is 0.293 e. The van der Waals surface area contributed by atoms with E-state index in [4.69, 9.17) is 9.51 Å². The molecule has 2 aromatic carbocycles. The lowest BCUT2D eigenvalue weighted by atomic mass is 9.89. The third-order valence-corrected chi connectivity index (χ3v) is 11.5. The molecule has 2 atom stereocenters. The number of nitrogens with zero attached hydrogens (tertiary/aromatic N) is 7. The highest BCUT2D eigenvalue weighted by Crippen LogP contribution is 2.33. The van der Waals surface area contributed by atoms with Crippen LogP contribution in [0.3, 0.4) is 0 Å². The van der Waals surface area contributed by atoms with Crippen molar-refractivity contribution in [2.75, 3.05) is 37.6 Å². The van der Waals surface area contributed by atoms with Gasteiger partial charge in [0.05, 0.1) is 24.3 Å². The summed E-state index contributed by atoms with van der Waals surface area (Å²) in [5, 5.41) is 28.1. The van der Waals surface area contributed by atoms with Crippen LogP contribution in [0, 0.1) is 6.92 Å². The van der Waals surface area contributed by atoms with Gasteiger partial charge in [0.1, 0.15) is 0 Å². The zero-order chi connectivity index (χ0) is 42.1. The molecule has 8 rings (SSSR count). The molecule has 2 aliphatic heterocycles. The minimum atomic E-state index is -0.460. The van der Waals surface area contributed by atoms with Crippen molar-refractivity contribution in [3.05, 3.63) is 107 Å². The summed E-state index contributed by atoms with van der Waals surface area (Å²) in [6, 6.07) is 20.0. The van der Waals surface area contributed by atoms with Crippen molar-refractivity contribution in [2.24, 2.45) is 0 Å². The van der Waals surface area contributed by atoms with E-state index >= 15 is 0 Å². The van der Waals surface area contributed by atoms with Gasteiger partial charge >= 0.3 is 0 Å². The zero-order valence-corrected chi connectivity index (χ0v) is 34.6. The summed E-state index contributed by atoms with van der Waals surface area (Å²) in [5.41, 5.74) is 9.18. The molecule has 0 spiro atoms. The minimum absolute atomic E-state index is 0.0375. The lowest BCUT2D eigenvalue weighted by Crippen LogP contribution is -2.47. The number of nitrogens with one attached hydrogen (secondary N) is 3. The second-order valence-corrected chi connectivity index (χ2v) is 16.7. The van der Waals surface area contributed by atoms with Crippen molar-refractivity contribution in [3.63, 3.8) is 0 Å². The molecule has 15 heteroatoms. The maximum atomic E-state index is 13.0. The number of imide groups is 1. The number of aromatic amines is 1. The van der Waals surface area contributed by atoms with Crippen LogP contribution < -0.4 is 15.5 Å². The Morgan fingerprint density at radius 3 is 2.45 bits per heavy atom. The molecule has 0 radical (unpaired) electrons. The van der Waals surface area contributed by atoms with Crippen LogP contribution in [-0.2, 0) is 28.0 Å². The van der Waals surface area contributed by atoms with E-state index in [9.17, 15) is 19.5 Å². The number of fused-ring (bicyclic) bond motifs is 1. The Bertz CT molecular complexity index is 2550. The molecule has 6 heterocycles. The van der Waals surface area contributed by atoms with Crippen LogP contribution in [-0.4, -0.2) is 90.8 Å². The van der Waals surface area contributed by atoms with Crippen LogP contribution >= 0.6 is 0 Å². The van der Waals surface area contributed by atoms with Gasteiger partial charge < -0.3 is 19.8 Å². The van der Waals surface area contributed by atoms with Crippen molar-refractivity contribution < 1.29 is 24.0 Å². The first-order valence-corrected chi connectivity index (χ1v) is 20.5. The Balaban J connectivity index is 0.881. The van der Waals surface area contributed by atoms with Gasteiger partial charge in [-0.15, -0.1) is 0 Å². The summed E-state index contributed by atoms with van der Waals surface area (Å²) in [6.45, 7) is 14.0. The molecule has 4 N–H and O–H groups in total. The number of carbonyl (C=O) groups excluding carboxylic acids is 3. The Morgan fingerprint density at radius 1 is 0.983 bits per heavy atom. The lowest BCUT2D eigenvalue weighted by Gasteiger charge is -2.36. The van der Waals surface area contributed by atoms with Crippen molar-refractivity contribution in [2.45, 2.75) is 77.9 Å². The molecule has 2 unspecified atom stereocenters. The van der Waals surface area contributed by atoms with Crippen LogP contribution in [0.1, 0.15) is 97.1 Å². The molecular formula is C45H50N10O5. The van der Waals surface area contributed by atoms with Crippen LogP contribution in [0.5, 0.6) is 0 Å². The normalized spacial score (nSPS) is 16.9. The number of piperazine rings is 1. The van der Waals surface area contributed by atoms with E-state index in [0.717, 1.165) is 89.4 Å². The summed E-state index contributed by atoms with van der Waals surface area (Å²) in [6.07, 6.45) is 3.55. The number of aliphatic hydroxyl groups excluding tert-OH is 1.